The Morgan fingerprint density at radius 3 is 3.05 bits per heavy atom. The summed E-state index contributed by atoms with van der Waals surface area (Å²) in [5, 5.41) is 16.3. The molecule has 0 radical (unpaired) electrons. The molecule has 116 valence electrons. The zero-order chi connectivity index (χ0) is 15.2. The highest BCUT2D eigenvalue weighted by atomic mass is 35.5. The highest BCUT2D eigenvalue weighted by Crippen LogP contribution is 2.31. The van der Waals surface area contributed by atoms with E-state index in [1.54, 1.807) is 18.2 Å². The smallest absolute Gasteiger partial charge is 0.237 e. The van der Waals surface area contributed by atoms with Gasteiger partial charge in [-0.25, -0.2) is 0 Å². The molecular formula is C14H18Cl2N2O3. The maximum atomic E-state index is 11.8. The molecule has 3 N–H and O–H groups in total. The van der Waals surface area contributed by atoms with E-state index < -0.39 is 6.10 Å². The number of carbonyl (C=O) groups is 1. The van der Waals surface area contributed by atoms with Gasteiger partial charge in [-0.1, -0.05) is 29.3 Å². The maximum Gasteiger partial charge on any atom is 0.237 e. The van der Waals surface area contributed by atoms with Gasteiger partial charge in [-0.2, -0.15) is 0 Å². The van der Waals surface area contributed by atoms with Crippen molar-refractivity contribution >= 4 is 29.1 Å². The van der Waals surface area contributed by atoms with E-state index in [9.17, 15) is 9.90 Å². The molecule has 1 amide bonds. The molecule has 5 nitrogen and oxygen atoms in total. The molecule has 0 spiro atoms. The van der Waals surface area contributed by atoms with E-state index in [0.717, 1.165) is 19.4 Å². The van der Waals surface area contributed by atoms with E-state index >= 15 is 0 Å². The molecular weight excluding hydrogens is 315 g/mol. The number of hydrogen-bond acceptors (Lipinski definition) is 4. The average molecular weight is 333 g/mol. The summed E-state index contributed by atoms with van der Waals surface area (Å²) < 4.78 is 5.40. The van der Waals surface area contributed by atoms with E-state index in [1.807, 2.05) is 0 Å². The predicted molar refractivity (Wildman–Crippen MR) is 82.0 cm³/mol. The van der Waals surface area contributed by atoms with Gasteiger partial charge in [0.1, 0.15) is 23.5 Å². The minimum absolute atomic E-state index is 0.0262. The number of aliphatic hydroxyl groups is 1. The quantitative estimate of drug-likeness (QED) is 0.740. The summed E-state index contributed by atoms with van der Waals surface area (Å²) in [6, 6.07) is 4.88. The van der Waals surface area contributed by atoms with Crippen molar-refractivity contribution in [3.8, 4) is 5.75 Å². The molecule has 0 bridgehead atoms. The van der Waals surface area contributed by atoms with Crippen LogP contribution in [0.4, 0.5) is 0 Å². The highest BCUT2D eigenvalue weighted by Gasteiger charge is 2.22. The number of nitrogens with one attached hydrogen (secondary N) is 2. The lowest BCUT2D eigenvalue weighted by molar-refractivity contribution is -0.123. The van der Waals surface area contributed by atoms with Gasteiger partial charge in [0.15, 0.2) is 0 Å². The molecule has 2 atom stereocenters. The van der Waals surface area contributed by atoms with E-state index in [4.69, 9.17) is 27.9 Å². The fraction of sp³-hybridized carbons (Fsp3) is 0.500. The summed E-state index contributed by atoms with van der Waals surface area (Å²) in [7, 11) is 0. The molecule has 1 unspecified atom stereocenters. The minimum Gasteiger partial charge on any atom is -0.489 e. The molecule has 1 aromatic carbocycles. The van der Waals surface area contributed by atoms with E-state index in [2.05, 4.69) is 10.6 Å². The second-order valence-corrected chi connectivity index (χ2v) is 5.70. The van der Waals surface area contributed by atoms with Crippen molar-refractivity contribution in [2.45, 2.75) is 25.0 Å². The Morgan fingerprint density at radius 2 is 2.33 bits per heavy atom. The monoisotopic (exact) mass is 332 g/mol. The summed E-state index contributed by atoms with van der Waals surface area (Å²) in [6.45, 7) is 1.02. The predicted octanol–water partition coefficient (Wildman–Crippen LogP) is 1.60. The van der Waals surface area contributed by atoms with Crippen molar-refractivity contribution in [3.63, 3.8) is 0 Å². The largest absolute Gasteiger partial charge is 0.489 e. The van der Waals surface area contributed by atoms with Gasteiger partial charge in [0, 0.05) is 6.54 Å². The second-order valence-electron chi connectivity index (χ2n) is 4.91. The summed E-state index contributed by atoms with van der Waals surface area (Å²) in [5.41, 5.74) is 0. The van der Waals surface area contributed by atoms with Crippen LogP contribution in [-0.2, 0) is 4.79 Å². The van der Waals surface area contributed by atoms with E-state index in [0.29, 0.717) is 15.8 Å². The van der Waals surface area contributed by atoms with Gasteiger partial charge in [0.2, 0.25) is 5.91 Å². The van der Waals surface area contributed by atoms with Gasteiger partial charge in [-0.05, 0) is 31.5 Å². The summed E-state index contributed by atoms with van der Waals surface area (Å²) in [6.07, 6.45) is 1.01. The Kier molecular flexibility index (Phi) is 6.11. The first-order valence-electron chi connectivity index (χ1n) is 6.84. The first kappa shape index (κ1) is 16.4. The molecule has 7 heteroatoms. The second kappa shape index (κ2) is 7.84. The van der Waals surface area contributed by atoms with Crippen LogP contribution in [-0.4, -0.2) is 42.9 Å². The topological polar surface area (TPSA) is 70.6 Å². The fourth-order valence-electron chi connectivity index (χ4n) is 2.09. The first-order valence-corrected chi connectivity index (χ1v) is 7.59. The van der Waals surface area contributed by atoms with Crippen molar-refractivity contribution in [2.75, 3.05) is 19.7 Å². The Morgan fingerprint density at radius 1 is 1.52 bits per heavy atom. The molecule has 2 rings (SSSR count). The molecule has 1 fully saturated rings. The molecule has 0 aromatic heterocycles. The molecule has 1 heterocycles. The van der Waals surface area contributed by atoms with E-state index in [-0.39, 0.29) is 25.1 Å². The zero-order valence-corrected chi connectivity index (χ0v) is 13.0. The number of carbonyl (C=O) groups excluding carboxylic acids is 1. The number of benzene rings is 1. The van der Waals surface area contributed by atoms with Crippen LogP contribution in [0.25, 0.3) is 0 Å². The molecule has 1 aliphatic rings. The van der Waals surface area contributed by atoms with Crippen LogP contribution in [0.3, 0.4) is 0 Å². The van der Waals surface area contributed by atoms with Crippen LogP contribution in [0.1, 0.15) is 12.8 Å². The van der Waals surface area contributed by atoms with Gasteiger partial charge in [-0.15, -0.1) is 0 Å². The van der Waals surface area contributed by atoms with Crippen molar-refractivity contribution in [2.24, 2.45) is 0 Å². The Bertz CT molecular complexity index is 493. The van der Waals surface area contributed by atoms with Crippen LogP contribution < -0.4 is 15.4 Å². The molecule has 0 saturated carbocycles. The molecule has 0 aliphatic carbocycles. The van der Waals surface area contributed by atoms with Crippen LogP contribution in [0.2, 0.25) is 10.0 Å². The molecule has 21 heavy (non-hydrogen) atoms. The summed E-state index contributed by atoms with van der Waals surface area (Å²) in [4.78, 5) is 11.8. The third-order valence-corrected chi connectivity index (χ3v) is 4.04. The van der Waals surface area contributed by atoms with Gasteiger partial charge in [-0.3, -0.25) is 4.79 Å². The lowest BCUT2D eigenvalue weighted by Crippen LogP contribution is -2.44. The Labute approximate surface area is 133 Å². The number of ether oxygens (including phenoxy) is 1. The van der Waals surface area contributed by atoms with Crippen LogP contribution in [0, 0.1) is 0 Å². The zero-order valence-electron chi connectivity index (χ0n) is 11.4. The van der Waals surface area contributed by atoms with Crippen LogP contribution in [0.5, 0.6) is 5.75 Å². The number of rotatable bonds is 6. The summed E-state index contributed by atoms with van der Waals surface area (Å²) >= 11 is 11.8. The van der Waals surface area contributed by atoms with Crippen molar-refractivity contribution in [3.05, 3.63) is 28.2 Å². The van der Waals surface area contributed by atoms with Gasteiger partial charge in [0.25, 0.3) is 0 Å². The Balaban J connectivity index is 1.73. The Hall–Kier alpha value is -1.01. The lowest BCUT2D eigenvalue weighted by Gasteiger charge is -2.16. The third kappa shape index (κ3) is 4.74. The van der Waals surface area contributed by atoms with Crippen molar-refractivity contribution in [1.82, 2.24) is 10.6 Å². The van der Waals surface area contributed by atoms with Crippen molar-refractivity contribution in [1.29, 1.82) is 0 Å². The minimum atomic E-state index is -0.814. The first-order chi connectivity index (χ1) is 10.1. The number of hydrogen-bond donors (Lipinski definition) is 3. The molecule has 1 saturated heterocycles. The number of halogens is 2. The third-order valence-electron chi connectivity index (χ3n) is 3.24. The standard InChI is InChI=1S/C14H18Cl2N2O3/c15-10-3-1-5-12(13(10)16)21-8-9(19)7-18-14(20)11-4-2-6-17-11/h1,3,5,9,11,17,19H,2,4,6-8H2,(H,18,20)/t9?,11-/m0/s1. The van der Waals surface area contributed by atoms with Gasteiger partial charge < -0.3 is 20.5 Å². The van der Waals surface area contributed by atoms with Gasteiger partial charge in [0.05, 0.1) is 11.1 Å². The van der Waals surface area contributed by atoms with Crippen molar-refractivity contribution < 1.29 is 14.6 Å². The number of aliphatic hydroxyl groups excluding tert-OH is 1. The fourth-order valence-corrected chi connectivity index (χ4v) is 2.44. The summed E-state index contributed by atoms with van der Waals surface area (Å²) in [5.74, 6) is 0.319. The normalized spacial score (nSPS) is 19.3. The van der Waals surface area contributed by atoms with E-state index in [1.165, 1.54) is 0 Å². The van der Waals surface area contributed by atoms with Gasteiger partial charge >= 0.3 is 0 Å². The average Bonchev–Trinajstić information content (AvgIpc) is 3.00. The molecule has 1 aromatic rings. The maximum absolute atomic E-state index is 11.8. The molecule has 1 aliphatic heterocycles. The highest BCUT2D eigenvalue weighted by molar-refractivity contribution is 6.42. The van der Waals surface area contributed by atoms with Crippen LogP contribution >= 0.6 is 23.2 Å². The SMILES string of the molecule is O=C(NCC(O)COc1cccc(Cl)c1Cl)[C@@H]1CCCN1. The lowest BCUT2D eigenvalue weighted by atomic mass is 10.2. The van der Waals surface area contributed by atoms with Crippen LogP contribution in [0.15, 0.2) is 18.2 Å². The number of amides is 1.